The maximum Gasteiger partial charge on any atom is 0.321 e. The predicted octanol–water partition coefficient (Wildman–Crippen LogP) is 2.92. The van der Waals surface area contributed by atoms with Gasteiger partial charge in [0.2, 0.25) is 10.0 Å². The summed E-state index contributed by atoms with van der Waals surface area (Å²) in [5.41, 5.74) is 1.63. The van der Waals surface area contributed by atoms with E-state index in [1.165, 1.54) is 4.31 Å². The van der Waals surface area contributed by atoms with Crippen molar-refractivity contribution in [3.63, 3.8) is 0 Å². The highest BCUT2D eigenvalue weighted by atomic mass is 32.2. The number of rotatable bonds is 3. The number of para-hydroxylation sites is 1. The van der Waals surface area contributed by atoms with Crippen molar-refractivity contribution < 1.29 is 13.2 Å². The average Bonchev–Trinajstić information content (AvgIpc) is 2.89. The van der Waals surface area contributed by atoms with Crippen molar-refractivity contribution in [2.45, 2.75) is 18.2 Å². The molecule has 0 radical (unpaired) electrons. The Morgan fingerprint density at radius 1 is 0.962 bits per heavy atom. The van der Waals surface area contributed by atoms with E-state index in [0.29, 0.717) is 37.5 Å². The highest BCUT2D eigenvalue weighted by molar-refractivity contribution is 7.89. The van der Waals surface area contributed by atoms with E-state index in [9.17, 15) is 13.2 Å². The van der Waals surface area contributed by atoms with Crippen LogP contribution in [-0.4, -0.2) is 49.8 Å². The molecule has 0 aromatic heterocycles. The Kier molecular flexibility index (Phi) is 5.58. The summed E-state index contributed by atoms with van der Waals surface area (Å²) in [6, 6.07) is 16.0. The molecule has 2 aromatic carbocycles. The second kappa shape index (κ2) is 7.88. The number of hydrogen-bond donors (Lipinski definition) is 1. The zero-order valence-electron chi connectivity index (χ0n) is 14.8. The van der Waals surface area contributed by atoms with Crippen LogP contribution in [0.2, 0.25) is 0 Å². The highest BCUT2D eigenvalue weighted by Crippen LogP contribution is 2.19. The van der Waals surface area contributed by atoms with Gasteiger partial charge in [-0.2, -0.15) is 4.31 Å². The second-order valence-corrected chi connectivity index (χ2v) is 8.30. The van der Waals surface area contributed by atoms with Crippen LogP contribution in [0.25, 0.3) is 0 Å². The van der Waals surface area contributed by atoms with Gasteiger partial charge in [-0.1, -0.05) is 30.3 Å². The molecule has 1 aliphatic rings. The fourth-order valence-electron chi connectivity index (χ4n) is 2.99. The van der Waals surface area contributed by atoms with Crippen molar-refractivity contribution in [3.05, 3.63) is 60.2 Å². The molecule has 7 heteroatoms. The van der Waals surface area contributed by atoms with Crippen LogP contribution in [0.4, 0.5) is 10.5 Å². The van der Waals surface area contributed by atoms with Gasteiger partial charge in [-0.05, 0) is 43.2 Å². The summed E-state index contributed by atoms with van der Waals surface area (Å²) in [4.78, 5) is 14.4. The van der Waals surface area contributed by atoms with Crippen LogP contribution in [0, 0.1) is 6.92 Å². The molecule has 1 fully saturated rings. The van der Waals surface area contributed by atoms with Crippen molar-refractivity contribution in [2.24, 2.45) is 0 Å². The third-order valence-electron chi connectivity index (χ3n) is 4.39. The number of nitrogens with one attached hydrogen (secondary N) is 1. The quantitative estimate of drug-likeness (QED) is 0.899. The Hall–Kier alpha value is -2.38. The molecule has 1 aliphatic heterocycles. The first-order valence-electron chi connectivity index (χ1n) is 8.64. The maximum absolute atomic E-state index is 12.9. The third-order valence-corrected chi connectivity index (χ3v) is 6.29. The molecule has 1 N–H and O–H groups in total. The van der Waals surface area contributed by atoms with E-state index < -0.39 is 10.0 Å². The summed E-state index contributed by atoms with van der Waals surface area (Å²) in [7, 11) is -3.54. The number of hydrogen-bond acceptors (Lipinski definition) is 3. The van der Waals surface area contributed by atoms with E-state index in [1.54, 1.807) is 23.1 Å². The van der Waals surface area contributed by atoms with Crippen molar-refractivity contribution >= 4 is 21.7 Å². The minimum absolute atomic E-state index is 0.203. The summed E-state index contributed by atoms with van der Waals surface area (Å²) in [5, 5.41) is 2.85. The van der Waals surface area contributed by atoms with Gasteiger partial charge in [0, 0.05) is 31.9 Å². The molecule has 6 nitrogen and oxygen atoms in total. The Labute approximate surface area is 154 Å². The Bertz CT molecular complexity index is 869. The molecular formula is C19H23N3O3S. The topological polar surface area (TPSA) is 69.7 Å². The zero-order chi connectivity index (χ0) is 18.6. The van der Waals surface area contributed by atoms with Crippen LogP contribution in [0.5, 0.6) is 0 Å². The van der Waals surface area contributed by atoms with Crippen molar-refractivity contribution in [1.29, 1.82) is 0 Å². The number of nitrogens with zero attached hydrogens (tertiary/aromatic N) is 2. The number of carbonyl (C=O) groups is 1. The first-order chi connectivity index (χ1) is 12.5. The van der Waals surface area contributed by atoms with Crippen LogP contribution >= 0.6 is 0 Å². The Morgan fingerprint density at radius 2 is 1.73 bits per heavy atom. The van der Waals surface area contributed by atoms with Gasteiger partial charge in [0.25, 0.3) is 0 Å². The fourth-order valence-corrected chi connectivity index (χ4v) is 4.56. The summed E-state index contributed by atoms with van der Waals surface area (Å²) in [5.74, 6) is 0. The molecule has 138 valence electrons. The Morgan fingerprint density at radius 3 is 2.46 bits per heavy atom. The van der Waals surface area contributed by atoms with Gasteiger partial charge in [0.1, 0.15) is 0 Å². The lowest BCUT2D eigenvalue weighted by molar-refractivity contribution is 0.214. The van der Waals surface area contributed by atoms with Crippen molar-refractivity contribution in [2.75, 3.05) is 31.5 Å². The van der Waals surface area contributed by atoms with Gasteiger partial charge >= 0.3 is 6.03 Å². The van der Waals surface area contributed by atoms with Gasteiger partial charge in [-0.3, -0.25) is 0 Å². The monoisotopic (exact) mass is 373 g/mol. The largest absolute Gasteiger partial charge is 0.323 e. The molecule has 0 saturated carbocycles. The predicted molar refractivity (Wildman–Crippen MR) is 102 cm³/mol. The van der Waals surface area contributed by atoms with E-state index in [0.717, 1.165) is 11.3 Å². The first kappa shape index (κ1) is 18.4. The lowest BCUT2D eigenvalue weighted by Gasteiger charge is -2.22. The SMILES string of the molecule is Cc1cccc(S(=O)(=O)N2CCCN(C(=O)Nc3ccccc3)CC2)c1. The van der Waals surface area contributed by atoms with Gasteiger partial charge in [0.15, 0.2) is 0 Å². The van der Waals surface area contributed by atoms with Gasteiger partial charge in [-0.25, -0.2) is 13.2 Å². The number of urea groups is 1. The fraction of sp³-hybridized carbons (Fsp3) is 0.316. The molecule has 1 saturated heterocycles. The molecular weight excluding hydrogens is 350 g/mol. The number of anilines is 1. The second-order valence-electron chi connectivity index (χ2n) is 6.36. The number of benzene rings is 2. The zero-order valence-corrected chi connectivity index (χ0v) is 15.6. The van der Waals surface area contributed by atoms with E-state index in [1.807, 2.05) is 43.3 Å². The number of aryl methyl sites for hydroxylation is 1. The average molecular weight is 373 g/mol. The van der Waals surface area contributed by atoms with Crippen LogP contribution in [0.15, 0.2) is 59.5 Å². The van der Waals surface area contributed by atoms with Crippen LogP contribution in [0.1, 0.15) is 12.0 Å². The molecule has 3 rings (SSSR count). The molecule has 2 aromatic rings. The summed E-state index contributed by atoms with van der Waals surface area (Å²) in [6.45, 7) is 3.46. The van der Waals surface area contributed by atoms with E-state index in [4.69, 9.17) is 0 Å². The molecule has 0 unspecified atom stereocenters. The van der Waals surface area contributed by atoms with Crippen LogP contribution in [0.3, 0.4) is 0 Å². The molecule has 0 aliphatic carbocycles. The Balaban J connectivity index is 1.67. The normalized spacial score (nSPS) is 16.1. The molecule has 2 amide bonds. The van der Waals surface area contributed by atoms with E-state index in [2.05, 4.69) is 5.32 Å². The smallest absolute Gasteiger partial charge is 0.321 e. The van der Waals surface area contributed by atoms with E-state index >= 15 is 0 Å². The minimum Gasteiger partial charge on any atom is -0.323 e. The van der Waals surface area contributed by atoms with Gasteiger partial charge in [-0.15, -0.1) is 0 Å². The molecule has 0 spiro atoms. The summed E-state index contributed by atoms with van der Waals surface area (Å²) < 4.78 is 27.2. The first-order valence-corrected chi connectivity index (χ1v) is 10.1. The minimum atomic E-state index is -3.54. The van der Waals surface area contributed by atoms with E-state index in [-0.39, 0.29) is 6.03 Å². The summed E-state index contributed by atoms with van der Waals surface area (Å²) >= 11 is 0. The number of amides is 2. The number of sulfonamides is 1. The lowest BCUT2D eigenvalue weighted by Crippen LogP contribution is -2.39. The maximum atomic E-state index is 12.9. The van der Waals surface area contributed by atoms with Crippen molar-refractivity contribution in [1.82, 2.24) is 9.21 Å². The van der Waals surface area contributed by atoms with Gasteiger partial charge in [0.05, 0.1) is 4.90 Å². The third kappa shape index (κ3) is 4.23. The van der Waals surface area contributed by atoms with Crippen LogP contribution in [-0.2, 0) is 10.0 Å². The lowest BCUT2D eigenvalue weighted by atomic mass is 10.2. The standard InChI is InChI=1S/C19H23N3O3S/c1-16-7-5-10-18(15-16)26(24,25)22-12-6-11-21(13-14-22)19(23)20-17-8-3-2-4-9-17/h2-5,7-10,15H,6,11-14H2,1H3,(H,20,23). The molecule has 0 bridgehead atoms. The molecule has 1 heterocycles. The van der Waals surface area contributed by atoms with Crippen molar-refractivity contribution in [3.8, 4) is 0 Å². The van der Waals surface area contributed by atoms with Gasteiger partial charge < -0.3 is 10.2 Å². The number of carbonyl (C=O) groups excluding carboxylic acids is 1. The molecule has 0 atom stereocenters. The summed E-state index contributed by atoms with van der Waals surface area (Å²) in [6.07, 6.45) is 0.604. The highest BCUT2D eigenvalue weighted by Gasteiger charge is 2.28. The van der Waals surface area contributed by atoms with Crippen LogP contribution < -0.4 is 5.32 Å². The molecule has 26 heavy (non-hydrogen) atoms.